The molecule has 3 aromatic carbocycles. The van der Waals surface area contributed by atoms with E-state index in [1.807, 2.05) is 43.3 Å². The summed E-state index contributed by atoms with van der Waals surface area (Å²) in [5.41, 5.74) is 1.85. The van der Waals surface area contributed by atoms with E-state index in [-0.39, 0.29) is 6.04 Å². The molecule has 1 aliphatic rings. The quantitative estimate of drug-likeness (QED) is 0.263. The number of nitrogens with one attached hydrogen (secondary N) is 2. The van der Waals surface area contributed by atoms with E-state index >= 15 is 0 Å². The van der Waals surface area contributed by atoms with Crippen LogP contribution >= 0.6 is 0 Å². The number of benzene rings is 3. The second-order valence-electron chi connectivity index (χ2n) is 10.2. The van der Waals surface area contributed by atoms with Gasteiger partial charge >= 0.3 is 6.36 Å². The fraction of sp³-hybridized carbons (Fsp3) is 0.310. The summed E-state index contributed by atoms with van der Waals surface area (Å²) in [4.78, 5) is 10.7. The number of aromatic nitrogens is 2. The maximum absolute atomic E-state index is 13.3. The van der Waals surface area contributed by atoms with Crippen molar-refractivity contribution in [2.24, 2.45) is 0 Å². The van der Waals surface area contributed by atoms with Crippen molar-refractivity contribution in [2.45, 2.75) is 49.0 Å². The molecule has 4 aromatic rings. The number of nitrogens with zero attached hydrogens (tertiary/aromatic N) is 3. The molecule has 0 radical (unpaired) electrons. The monoisotopic (exact) mass is 585 g/mol. The number of hydrogen-bond acceptors (Lipinski definition) is 7. The number of halogens is 3. The molecule has 0 amide bonds. The molecule has 1 aromatic heterocycles. The molecular weight excluding hydrogens is 555 g/mol. The molecule has 0 saturated heterocycles. The van der Waals surface area contributed by atoms with Crippen molar-refractivity contribution in [1.29, 1.82) is 0 Å². The SMILES string of the molecule is CN(C)c1nc(NC2CCC(NS(=O)(=O)c3ccc(-c4ccccc4)cc3OC(F)(F)F)CC2)nc2ccccc12. The fourth-order valence-electron chi connectivity index (χ4n) is 5.03. The number of ether oxygens (including phenoxy) is 1. The molecule has 41 heavy (non-hydrogen) atoms. The van der Waals surface area contributed by atoms with Gasteiger partial charge in [-0.05, 0) is 61.1 Å². The van der Waals surface area contributed by atoms with Crippen LogP contribution in [-0.4, -0.2) is 50.9 Å². The third kappa shape index (κ3) is 6.88. The van der Waals surface area contributed by atoms with Gasteiger partial charge in [-0.3, -0.25) is 0 Å². The zero-order chi connectivity index (χ0) is 29.2. The minimum Gasteiger partial charge on any atom is -0.404 e. The first-order valence-corrected chi connectivity index (χ1v) is 14.6. The van der Waals surface area contributed by atoms with Crippen molar-refractivity contribution in [2.75, 3.05) is 24.3 Å². The van der Waals surface area contributed by atoms with Crippen molar-refractivity contribution in [1.82, 2.24) is 14.7 Å². The Hall–Kier alpha value is -3.90. The van der Waals surface area contributed by atoms with E-state index in [9.17, 15) is 21.6 Å². The highest BCUT2D eigenvalue weighted by molar-refractivity contribution is 7.89. The highest BCUT2D eigenvalue weighted by Crippen LogP contribution is 2.35. The predicted octanol–water partition coefficient (Wildman–Crippen LogP) is 5.96. The summed E-state index contributed by atoms with van der Waals surface area (Å²) in [6, 6.07) is 19.7. The standard InChI is InChI=1S/C29H30F3N5O3S/c1-37(2)27-23-10-6-7-11-24(23)34-28(35-27)33-21-13-15-22(16-14-21)36-41(38,39)26-17-12-20(19-8-4-3-5-9-19)18-25(26)40-29(30,31)32/h3-12,17-18,21-22,36H,13-16H2,1-2H3,(H,33,34,35). The number of hydrogen-bond donors (Lipinski definition) is 2. The first-order chi connectivity index (χ1) is 19.5. The normalized spacial score (nSPS) is 17.8. The van der Waals surface area contributed by atoms with Gasteiger partial charge in [-0.2, -0.15) is 4.98 Å². The van der Waals surface area contributed by atoms with E-state index in [0.717, 1.165) is 28.9 Å². The van der Waals surface area contributed by atoms with E-state index in [4.69, 9.17) is 0 Å². The summed E-state index contributed by atoms with van der Waals surface area (Å²) in [6.07, 6.45) is -2.83. The summed E-state index contributed by atoms with van der Waals surface area (Å²) >= 11 is 0. The van der Waals surface area contributed by atoms with Crippen LogP contribution in [0.5, 0.6) is 5.75 Å². The first-order valence-electron chi connectivity index (χ1n) is 13.2. The number of anilines is 2. The lowest BCUT2D eigenvalue weighted by Crippen LogP contribution is -2.40. The fourth-order valence-corrected chi connectivity index (χ4v) is 6.45. The van der Waals surface area contributed by atoms with Gasteiger partial charge in [0, 0.05) is 31.6 Å². The van der Waals surface area contributed by atoms with E-state index in [1.165, 1.54) is 6.07 Å². The molecule has 0 spiro atoms. The molecule has 8 nitrogen and oxygen atoms in total. The maximum atomic E-state index is 13.3. The van der Waals surface area contributed by atoms with Crippen LogP contribution < -0.4 is 19.7 Å². The average Bonchev–Trinajstić information content (AvgIpc) is 2.93. The van der Waals surface area contributed by atoms with Gasteiger partial charge in [0.15, 0.2) is 0 Å². The van der Waals surface area contributed by atoms with Gasteiger partial charge in [-0.25, -0.2) is 18.1 Å². The number of sulfonamides is 1. The van der Waals surface area contributed by atoms with E-state index in [2.05, 4.69) is 24.7 Å². The lowest BCUT2D eigenvalue weighted by molar-refractivity contribution is -0.275. The highest BCUT2D eigenvalue weighted by Gasteiger charge is 2.35. The van der Waals surface area contributed by atoms with Crippen LogP contribution in [0.4, 0.5) is 24.9 Å². The minimum absolute atomic E-state index is 0.0150. The molecule has 2 N–H and O–H groups in total. The van der Waals surface area contributed by atoms with Crippen LogP contribution in [0, 0.1) is 0 Å². The van der Waals surface area contributed by atoms with Crippen LogP contribution in [0.2, 0.25) is 0 Å². The molecule has 1 saturated carbocycles. The second kappa shape index (κ2) is 11.5. The number of alkyl halides is 3. The smallest absolute Gasteiger partial charge is 0.404 e. The van der Waals surface area contributed by atoms with Gasteiger partial charge in [0.2, 0.25) is 16.0 Å². The summed E-state index contributed by atoms with van der Waals surface area (Å²) in [7, 11) is -0.477. The lowest BCUT2D eigenvalue weighted by Gasteiger charge is -2.30. The highest BCUT2D eigenvalue weighted by atomic mass is 32.2. The molecule has 0 atom stereocenters. The van der Waals surface area contributed by atoms with Crippen molar-refractivity contribution in [3.63, 3.8) is 0 Å². The molecule has 5 rings (SSSR count). The van der Waals surface area contributed by atoms with Crippen LogP contribution in [0.15, 0.2) is 77.7 Å². The maximum Gasteiger partial charge on any atom is 0.573 e. The molecule has 1 heterocycles. The topological polar surface area (TPSA) is 96.5 Å². The predicted molar refractivity (Wildman–Crippen MR) is 152 cm³/mol. The Morgan fingerprint density at radius 2 is 1.51 bits per heavy atom. The van der Waals surface area contributed by atoms with Gasteiger partial charge in [-0.1, -0.05) is 48.5 Å². The van der Waals surface area contributed by atoms with Gasteiger partial charge in [-0.15, -0.1) is 13.2 Å². The Bertz CT molecular complexity index is 1620. The summed E-state index contributed by atoms with van der Waals surface area (Å²) in [6.45, 7) is 0. The van der Waals surface area contributed by atoms with Crippen molar-refractivity contribution >= 4 is 32.7 Å². The van der Waals surface area contributed by atoms with Crippen LogP contribution in [0.1, 0.15) is 25.7 Å². The molecular formula is C29H30F3N5O3S. The minimum atomic E-state index is -5.05. The van der Waals surface area contributed by atoms with Crippen LogP contribution in [0.3, 0.4) is 0 Å². The van der Waals surface area contributed by atoms with Crippen molar-refractivity contribution in [3.8, 4) is 16.9 Å². The Balaban J connectivity index is 1.28. The van der Waals surface area contributed by atoms with E-state index in [1.54, 1.807) is 30.3 Å². The van der Waals surface area contributed by atoms with Crippen LogP contribution in [-0.2, 0) is 10.0 Å². The molecule has 1 fully saturated rings. The van der Waals surface area contributed by atoms with Gasteiger partial charge in [0.05, 0.1) is 5.52 Å². The molecule has 12 heteroatoms. The molecule has 1 aliphatic carbocycles. The Morgan fingerprint density at radius 1 is 0.854 bits per heavy atom. The van der Waals surface area contributed by atoms with E-state index in [0.29, 0.717) is 42.8 Å². The molecule has 0 aliphatic heterocycles. The van der Waals surface area contributed by atoms with Crippen molar-refractivity contribution in [3.05, 3.63) is 72.8 Å². The summed E-state index contributed by atoms with van der Waals surface area (Å²) < 4.78 is 72.9. The van der Waals surface area contributed by atoms with Gasteiger partial charge < -0.3 is 15.0 Å². The van der Waals surface area contributed by atoms with Gasteiger partial charge in [0.25, 0.3) is 0 Å². The third-order valence-electron chi connectivity index (χ3n) is 6.95. The first kappa shape index (κ1) is 28.6. The third-order valence-corrected chi connectivity index (χ3v) is 8.51. The summed E-state index contributed by atoms with van der Waals surface area (Å²) in [5, 5.41) is 4.31. The average molecular weight is 586 g/mol. The molecule has 216 valence electrons. The molecule has 0 unspecified atom stereocenters. The zero-order valence-corrected chi connectivity index (χ0v) is 23.3. The number of rotatable bonds is 8. The number of para-hydroxylation sites is 1. The van der Waals surface area contributed by atoms with Gasteiger partial charge in [0.1, 0.15) is 16.5 Å². The van der Waals surface area contributed by atoms with Crippen LogP contribution in [0.25, 0.3) is 22.0 Å². The zero-order valence-electron chi connectivity index (χ0n) is 22.5. The second-order valence-corrected chi connectivity index (χ2v) is 11.9. The Kier molecular flexibility index (Phi) is 8.05. The molecule has 0 bridgehead atoms. The van der Waals surface area contributed by atoms with E-state index < -0.39 is 33.1 Å². The summed E-state index contributed by atoms with van der Waals surface area (Å²) in [5.74, 6) is 0.505. The Labute approximate surface area is 236 Å². The number of fused-ring (bicyclic) bond motifs is 1. The largest absolute Gasteiger partial charge is 0.573 e. The van der Waals surface area contributed by atoms with Crippen molar-refractivity contribution < 1.29 is 26.3 Å². The lowest BCUT2D eigenvalue weighted by atomic mass is 9.92. The Morgan fingerprint density at radius 3 is 2.20 bits per heavy atom.